The molecule has 1 unspecified atom stereocenters. The lowest BCUT2D eigenvalue weighted by Crippen LogP contribution is -2.25. The fraction of sp³-hybridized carbons (Fsp3) is 0.538. The first-order chi connectivity index (χ1) is 8.54. The highest BCUT2D eigenvalue weighted by Gasteiger charge is 2.09. The van der Waals surface area contributed by atoms with Crippen molar-refractivity contribution in [3.8, 4) is 5.75 Å². The largest absolute Gasteiger partial charge is 0.492 e. The second kappa shape index (κ2) is 8.11. The third-order valence-corrected chi connectivity index (χ3v) is 3.44. The Kier molecular flexibility index (Phi) is 7.16. The van der Waals surface area contributed by atoms with Gasteiger partial charge in [0.1, 0.15) is 5.75 Å². The molecule has 0 bridgehead atoms. The van der Waals surface area contributed by atoms with Crippen LogP contribution in [-0.2, 0) is 0 Å². The van der Waals surface area contributed by atoms with Gasteiger partial charge in [-0.2, -0.15) is 0 Å². The number of rotatable bonds is 7. The molecule has 1 aromatic rings. The van der Waals surface area contributed by atoms with Crippen LogP contribution in [0.5, 0.6) is 5.75 Å². The zero-order chi connectivity index (χ0) is 13.5. The van der Waals surface area contributed by atoms with Crippen LogP contribution in [-0.4, -0.2) is 19.7 Å². The quantitative estimate of drug-likeness (QED) is 0.584. The van der Waals surface area contributed by atoms with E-state index in [9.17, 15) is 0 Å². The van der Waals surface area contributed by atoms with Crippen molar-refractivity contribution >= 4 is 34.8 Å². The van der Waals surface area contributed by atoms with Gasteiger partial charge in [-0.05, 0) is 19.0 Å². The molecule has 0 spiro atoms. The average molecular weight is 311 g/mol. The molecule has 1 atom stereocenters. The second-order valence-electron chi connectivity index (χ2n) is 4.32. The molecule has 1 rings (SSSR count). The lowest BCUT2D eigenvalue weighted by atomic mass is 10.2. The van der Waals surface area contributed by atoms with Crippen molar-refractivity contribution < 1.29 is 4.74 Å². The van der Waals surface area contributed by atoms with Crippen LogP contribution in [0.25, 0.3) is 0 Å². The maximum absolute atomic E-state index is 6.03. The first-order valence-corrected chi connectivity index (χ1v) is 7.16. The van der Waals surface area contributed by atoms with E-state index in [1.165, 1.54) is 0 Å². The lowest BCUT2D eigenvalue weighted by molar-refractivity contribution is 0.256. The smallest absolute Gasteiger partial charge is 0.139 e. The van der Waals surface area contributed by atoms with Gasteiger partial charge in [0.25, 0.3) is 0 Å². The molecule has 0 fully saturated rings. The third-order valence-electron chi connectivity index (χ3n) is 2.42. The summed E-state index contributed by atoms with van der Waals surface area (Å²) >= 11 is 17.8. The highest BCUT2D eigenvalue weighted by molar-refractivity contribution is 6.43. The molecule has 18 heavy (non-hydrogen) atoms. The lowest BCUT2D eigenvalue weighted by Gasteiger charge is -2.15. The average Bonchev–Trinajstić information content (AvgIpc) is 2.32. The van der Waals surface area contributed by atoms with Crippen LogP contribution in [0, 0.1) is 5.92 Å². The number of hydrogen-bond acceptors (Lipinski definition) is 2. The monoisotopic (exact) mass is 309 g/mol. The maximum atomic E-state index is 6.03. The van der Waals surface area contributed by atoms with Gasteiger partial charge in [-0.25, -0.2) is 0 Å². The van der Waals surface area contributed by atoms with Gasteiger partial charge in [0.15, 0.2) is 0 Å². The predicted octanol–water partition coefficient (Wildman–Crippen LogP) is 4.66. The Morgan fingerprint density at radius 1 is 1.17 bits per heavy atom. The Labute approximate surface area is 124 Å². The molecule has 5 heteroatoms. The van der Waals surface area contributed by atoms with Crippen molar-refractivity contribution in [2.75, 3.05) is 19.7 Å². The van der Waals surface area contributed by atoms with Crippen molar-refractivity contribution in [2.24, 2.45) is 5.92 Å². The third kappa shape index (κ3) is 5.23. The van der Waals surface area contributed by atoms with Crippen molar-refractivity contribution in [3.63, 3.8) is 0 Å². The summed E-state index contributed by atoms with van der Waals surface area (Å²) in [6.45, 7) is 6.80. The van der Waals surface area contributed by atoms with Crippen LogP contribution >= 0.6 is 34.8 Å². The van der Waals surface area contributed by atoms with Crippen LogP contribution in [0.3, 0.4) is 0 Å². The van der Waals surface area contributed by atoms with Crippen molar-refractivity contribution in [2.45, 2.75) is 20.3 Å². The van der Waals surface area contributed by atoms with Gasteiger partial charge in [-0.15, -0.1) is 0 Å². The summed E-state index contributed by atoms with van der Waals surface area (Å²) in [5.74, 6) is 0.982. The van der Waals surface area contributed by atoms with Crippen molar-refractivity contribution in [1.82, 2.24) is 5.32 Å². The number of benzene rings is 1. The SMILES string of the molecule is CCCNCC(C)COc1cc(Cl)c(Cl)cc1Cl. The van der Waals surface area contributed by atoms with E-state index in [1.807, 2.05) is 0 Å². The Hall–Kier alpha value is -0.150. The fourth-order valence-corrected chi connectivity index (χ4v) is 2.02. The van der Waals surface area contributed by atoms with E-state index in [-0.39, 0.29) is 0 Å². The van der Waals surface area contributed by atoms with Crippen molar-refractivity contribution in [3.05, 3.63) is 27.2 Å². The second-order valence-corrected chi connectivity index (χ2v) is 5.54. The van der Waals surface area contributed by atoms with E-state index in [1.54, 1.807) is 12.1 Å². The summed E-state index contributed by atoms with van der Waals surface area (Å²) in [5.41, 5.74) is 0. The fourth-order valence-electron chi connectivity index (χ4n) is 1.43. The Morgan fingerprint density at radius 2 is 1.83 bits per heavy atom. The van der Waals surface area contributed by atoms with Crippen LogP contribution in [0.2, 0.25) is 15.1 Å². The molecule has 0 aliphatic carbocycles. The summed E-state index contributed by atoms with van der Waals surface area (Å²) in [6.07, 6.45) is 1.13. The summed E-state index contributed by atoms with van der Waals surface area (Å²) in [7, 11) is 0. The molecule has 0 amide bonds. The van der Waals surface area contributed by atoms with E-state index in [4.69, 9.17) is 39.5 Å². The van der Waals surface area contributed by atoms with Crippen LogP contribution in [0.4, 0.5) is 0 Å². The number of halogens is 3. The molecule has 2 nitrogen and oxygen atoms in total. The minimum absolute atomic E-state index is 0.405. The molecular formula is C13H18Cl3NO. The topological polar surface area (TPSA) is 21.3 Å². The number of ether oxygens (including phenoxy) is 1. The van der Waals surface area contributed by atoms with Crippen LogP contribution in [0.15, 0.2) is 12.1 Å². The summed E-state index contributed by atoms with van der Waals surface area (Å²) in [6, 6.07) is 3.25. The van der Waals surface area contributed by atoms with E-state index in [0.29, 0.717) is 33.3 Å². The molecule has 0 saturated carbocycles. The van der Waals surface area contributed by atoms with Crippen molar-refractivity contribution in [1.29, 1.82) is 0 Å². The molecule has 102 valence electrons. The highest BCUT2D eigenvalue weighted by atomic mass is 35.5. The summed E-state index contributed by atoms with van der Waals surface area (Å²) in [4.78, 5) is 0. The first-order valence-electron chi connectivity index (χ1n) is 6.02. The van der Waals surface area contributed by atoms with Crippen LogP contribution < -0.4 is 10.1 Å². The minimum Gasteiger partial charge on any atom is -0.492 e. The van der Waals surface area contributed by atoms with Gasteiger partial charge < -0.3 is 10.1 Å². The Bertz CT molecular complexity index is 385. The van der Waals surface area contributed by atoms with Gasteiger partial charge in [0, 0.05) is 18.5 Å². The molecular weight excluding hydrogens is 293 g/mol. The normalized spacial score (nSPS) is 12.5. The molecule has 1 aromatic carbocycles. The minimum atomic E-state index is 0.405. The molecule has 1 N–H and O–H groups in total. The van der Waals surface area contributed by atoms with E-state index in [2.05, 4.69) is 19.2 Å². The maximum Gasteiger partial charge on any atom is 0.139 e. The van der Waals surface area contributed by atoms with Crippen LogP contribution in [0.1, 0.15) is 20.3 Å². The van der Waals surface area contributed by atoms with Gasteiger partial charge in [-0.3, -0.25) is 0 Å². The number of hydrogen-bond donors (Lipinski definition) is 1. The molecule has 0 aliphatic heterocycles. The number of nitrogens with one attached hydrogen (secondary N) is 1. The first kappa shape index (κ1) is 15.9. The predicted molar refractivity (Wildman–Crippen MR) is 79.3 cm³/mol. The molecule has 0 saturated heterocycles. The zero-order valence-corrected chi connectivity index (χ0v) is 12.9. The Morgan fingerprint density at radius 3 is 2.50 bits per heavy atom. The molecule has 0 aliphatic rings. The van der Waals surface area contributed by atoms with E-state index in [0.717, 1.165) is 19.5 Å². The Balaban J connectivity index is 2.45. The standard InChI is InChI=1S/C13H18Cl3NO/c1-3-4-17-7-9(2)8-18-13-6-11(15)10(14)5-12(13)16/h5-6,9,17H,3-4,7-8H2,1-2H3. The molecule has 0 heterocycles. The zero-order valence-electron chi connectivity index (χ0n) is 10.6. The van der Waals surface area contributed by atoms with Gasteiger partial charge >= 0.3 is 0 Å². The summed E-state index contributed by atoms with van der Waals surface area (Å²) in [5, 5.41) is 4.72. The van der Waals surface area contributed by atoms with Gasteiger partial charge in [0.2, 0.25) is 0 Å². The summed E-state index contributed by atoms with van der Waals surface area (Å²) < 4.78 is 5.65. The molecule has 0 radical (unpaired) electrons. The van der Waals surface area contributed by atoms with Gasteiger partial charge in [-0.1, -0.05) is 48.7 Å². The van der Waals surface area contributed by atoms with Gasteiger partial charge in [0.05, 0.1) is 21.7 Å². The van der Waals surface area contributed by atoms with E-state index >= 15 is 0 Å². The highest BCUT2D eigenvalue weighted by Crippen LogP contribution is 2.33. The molecule has 0 aromatic heterocycles. The van der Waals surface area contributed by atoms with E-state index < -0.39 is 0 Å².